The van der Waals surface area contributed by atoms with Crippen LogP contribution in [0.1, 0.15) is 49.0 Å². The summed E-state index contributed by atoms with van der Waals surface area (Å²) in [6.45, 7) is 6.48. The third-order valence-corrected chi connectivity index (χ3v) is 4.52. The van der Waals surface area contributed by atoms with Crippen LogP contribution in [0.15, 0.2) is 18.2 Å². The number of hydrogen-bond acceptors (Lipinski definition) is 4. The van der Waals surface area contributed by atoms with Gasteiger partial charge in [0.15, 0.2) is 0 Å². The molecule has 5 nitrogen and oxygen atoms in total. The number of aromatic nitrogens is 3. The molecule has 0 spiro atoms. The van der Waals surface area contributed by atoms with Gasteiger partial charge in [-0.3, -0.25) is 0 Å². The van der Waals surface area contributed by atoms with E-state index in [9.17, 15) is 4.39 Å². The zero-order valence-electron chi connectivity index (χ0n) is 14.1. The van der Waals surface area contributed by atoms with Crippen molar-refractivity contribution in [2.45, 2.75) is 45.7 Å². The molecule has 2 aromatic rings. The number of nitrogens with zero attached hydrogens (tertiary/aromatic N) is 4. The van der Waals surface area contributed by atoms with E-state index >= 15 is 0 Å². The third-order valence-electron chi connectivity index (χ3n) is 4.52. The van der Waals surface area contributed by atoms with Crippen LogP contribution < -0.4 is 5.32 Å². The van der Waals surface area contributed by atoms with Crippen molar-refractivity contribution < 1.29 is 4.39 Å². The Morgan fingerprint density at radius 1 is 1.42 bits per heavy atom. The predicted octanol–water partition coefficient (Wildman–Crippen LogP) is 2.76. The highest BCUT2D eigenvalue weighted by Gasteiger charge is 2.23. The summed E-state index contributed by atoms with van der Waals surface area (Å²) >= 11 is 0. The lowest BCUT2D eigenvalue weighted by molar-refractivity contribution is 0.339. The molecule has 24 heavy (non-hydrogen) atoms. The molecule has 0 radical (unpaired) electrons. The van der Waals surface area contributed by atoms with Crippen LogP contribution in [0.2, 0.25) is 0 Å². The van der Waals surface area contributed by atoms with E-state index in [0.29, 0.717) is 29.5 Å². The topological polar surface area (TPSA) is 66.5 Å². The Hall–Kier alpha value is -2.26. The maximum atomic E-state index is 13.9. The van der Waals surface area contributed by atoms with Gasteiger partial charge >= 0.3 is 0 Å². The minimum atomic E-state index is -0.326. The van der Waals surface area contributed by atoms with Crippen LogP contribution in [0.4, 0.5) is 4.39 Å². The van der Waals surface area contributed by atoms with Crippen molar-refractivity contribution in [3.8, 4) is 6.07 Å². The Kier molecular flexibility index (Phi) is 4.91. The van der Waals surface area contributed by atoms with Gasteiger partial charge in [0.25, 0.3) is 0 Å². The normalized spacial score (nSPS) is 16.9. The lowest BCUT2D eigenvalue weighted by Crippen LogP contribution is -2.31. The monoisotopic (exact) mass is 327 g/mol. The molecule has 0 amide bonds. The number of halogens is 1. The fourth-order valence-electron chi connectivity index (χ4n) is 3.18. The van der Waals surface area contributed by atoms with Gasteiger partial charge in [0.2, 0.25) is 0 Å². The van der Waals surface area contributed by atoms with E-state index < -0.39 is 0 Å². The number of benzene rings is 1. The Labute approximate surface area is 141 Å². The SMILES string of the molecule is CC(C)c1nnc2n1C[C@@H](CNCc1ccc(C#N)cc1F)CC2. The van der Waals surface area contributed by atoms with Gasteiger partial charge in [-0.05, 0) is 31.0 Å². The Morgan fingerprint density at radius 3 is 2.96 bits per heavy atom. The van der Waals surface area contributed by atoms with Crippen molar-refractivity contribution in [3.63, 3.8) is 0 Å². The molecule has 0 unspecified atom stereocenters. The van der Waals surface area contributed by atoms with Gasteiger partial charge in [0.05, 0.1) is 11.6 Å². The zero-order valence-corrected chi connectivity index (χ0v) is 14.1. The van der Waals surface area contributed by atoms with E-state index in [1.165, 1.54) is 6.07 Å². The van der Waals surface area contributed by atoms with Gasteiger partial charge in [-0.2, -0.15) is 5.26 Å². The summed E-state index contributed by atoms with van der Waals surface area (Å²) in [4.78, 5) is 0. The van der Waals surface area contributed by atoms with Crippen LogP contribution in [-0.2, 0) is 19.5 Å². The minimum absolute atomic E-state index is 0.326. The molecule has 126 valence electrons. The lowest BCUT2D eigenvalue weighted by Gasteiger charge is -2.25. The van der Waals surface area contributed by atoms with Gasteiger partial charge < -0.3 is 9.88 Å². The van der Waals surface area contributed by atoms with Gasteiger partial charge in [0, 0.05) is 31.0 Å². The second-order valence-electron chi connectivity index (χ2n) is 6.69. The molecule has 0 saturated carbocycles. The first kappa shape index (κ1) is 16.6. The molecule has 1 aliphatic heterocycles. The largest absolute Gasteiger partial charge is 0.314 e. The number of aryl methyl sites for hydroxylation is 1. The Balaban J connectivity index is 1.56. The Bertz CT molecular complexity index is 759. The maximum absolute atomic E-state index is 13.9. The molecule has 1 aromatic carbocycles. The van der Waals surface area contributed by atoms with Gasteiger partial charge in [-0.1, -0.05) is 19.9 Å². The molecule has 1 aromatic heterocycles. The molecule has 6 heteroatoms. The Morgan fingerprint density at radius 2 is 2.25 bits per heavy atom. The van der Waals surface area contributed by atoms with Crippen LogP contribution in [0.25, 0.3) is 0 Å². The standard InChI is InChI=1S/C18H22FN5/c1-12(2)18-23-22-17-6-4-14(11-24(17)18)9-21-10-15-5-3-13(8-20)7-16(15)19/h3,5,7,12,14,21H,4,6,9-11H2,1-2H3/t14-/m1/s1. The van der Waals surface area contributed by atoms with Crippen molar-refractivity contribution in [2.24, 2.45) is 5.92 Å². The molecular formula is C18H22FN5. The summed E-state index contributed by atoms with van der Waals surface area (Å²) < 4.78 is 16.1. The lowest BCUT2D eigenvalue weighted by atomic mass is 9.98. The summed E-state index contributed by atoms with van der Waals surface area (Å²) in [5.41, 5.74) is 0.947. The quantitative estimate of drug-likeness (QED) is 0.917. The number of hydrogen-bond donors (Lipinski definition) is 1. The minimum Gasteiger partial charge on any atom is -0.314 e. The smallest absolute Gasteiger partial charge is 0.135 e. The maximum Gasteiger partial charge on any atom is 0.135 e. The highest BCUT2D eigenvalue weighted by molar-refractivity contribution is 5.32. The first-order valence-corrected chi connectivity index (χ1v) is 8.39. The molecule has 1 aliphatic rings. The second-order valence-corrected chi connectivity index (χ2v) is 6.69. The molecule has 1 atom stereocenters. The molecule has 1 N–H and O–H groups in total. The summed E-state index contributed by atoms with van der Waals surface area (Å²) in [6.07, 6.45) is 2.01. The molecule has 0 saturated heterocycles. The first-order valence-electron chi connectivity index (χ1n) is 8.39. The van der Waals surface area contributed by atoms with Crippen LogP contribution in [0.3, 0.4) is 0 Å². The van der Waals surface area contributed by atoms with Crippen molar-refractivity contribution >= 4 is 0 Å². The molecule has 0 bridgehead atoms. The predicted molar refractivity (Wildman–Crippen MR) is 88.7 cm³/mol. The van der Waals surface area contributed by atoms with Crippen LogP contribution >= 0.6 is 0 Å². The molecule has 3 rings (SSSR count). The van der Waals surface area contributed by atoms with Crippen molar-refractivity contribution in [1.82, 2.24) is 20.1 Å². The van der Waals surface area contributed by atoms with E-state index in [4.69, 9.17) is 5.26 Å². The van der Waals surface area contributed by atoms with E-state index in [1.54, 1.807) is 12.1 Å². The summed E-state index contributed by atoms with van der Waals surface area (Å²) in [5.74, 6) is 2.66. The van der Waals surface area contributed by atoms with Crippen LogP contribution in [0.5, 0.6) is 0 Å². The number of fused-ring (bicyclic) bond motifs is 1. The number of rotatable bonds is 5. The highest BCUT2D eigenvalue weighted by atomic mass is 19.1. The number of nitriles is 1. The third kappa shape index (κ3) is 3.46. The average Bonchev–Trinajstić information content (AvgIpc) is 2.99. The van der Waals surface area contributed by atoms with Crippen LogP contribution in [-0.4, -0.2) is 21.3 Å². The van der Waals surface area contributed by atoms with Gasteiger partial charge in [0.1, 0.15) is 17.5 Å². The van der Waals surface area contributed by atoms with Crippen molar-refractivity contribution in [2.75, 3.05) is 6.54 Å². The summed E-state index contributed by atoms with van der Waals surface area (Å²) in [5, 5.41) is 20.7. The zero-order chi connectivity index (χ0) is 17.1. The fraction of sp³-hybridized carbons (Fsp3) is 0.500. The summed E-state index contributed by atoms with van der Waals surface area (Å²) in [6, 6.07) is 6.57. The second kappa shape index (κ2) is 7.10. The van der Waals surface area contributed by atoms with E-state index in [0.717, 1.165) is 37.6 Å². The van der Waals surface area contributed by atoms with Gasteiger partial charge in [-0.25, -0.2) is 4.39 Å². The highest BCUT2D eigenvalue weighted by Crippen LogP contribution is 2.23. The molecule has 0 fully saturated rings. The molecule has 2 heterocycles. The number of nitrogens with one attached hydrogen (secondary N) is 1. The molecule has 0 aliphatic carbocycles. The molecular weight excluding hydrogens is 305 g/mol. The first-order chi connectivity index (χ1) is 11.6. The van der Waals surface area contributed by atoms with Crippen LogP contribution in [0, 0.1) is 23.1 Å². The van der Waals surface area contributed by atoms with E-state index in [1.807, 2.05) is 6.07 Å². The van der Waals surface area contributed by atoms with Gasteiger partial charge in [-0.15, -0.1) is 10.2 Å². The fourth-order valence-corrected chi connectivity index (χ4v) is 3.18. The summed E-state index contributed by atoms with van der Waals surface area (Å²) in [7, 11) is 0. The average molecular weight is 327 g/mol. The van der Waals surface area contributed by atoms with E-state index in [-0.39, 0.29) is 5.82 Å². The van der Waals surface area contributed by atoms with E-state index in [2.05, 4.69) is 33.9 Å². The van der Waals surface area contributed by atoms with Crippen molar-refractivity contribution in [3.05, 3.63) is 46.8 Å². The van der Waals surface area contributed by atoms with Crippen molar-refractivity contribution in [1.29, 1.82) is 5.26 Å².